The lowest BCUT2D eigenvalue weighted by atomic mass is 10.1. The van der Waals surface area contributed by atoms with Crippen molar-refractivity contribution in [3.63, 3.8) is 0 Å². The van der Waals surface area contributed by atoms with Gasteiger partial charge in [-0.1, -0.05) is 0 Å². The number of aldehydes is 1. The van der Waals surface area contributed by atoms with E-state index in [1.165, 1.54) is 6.07 Å². The molecule has 1 heterocycles. The average Bonchev–Trinajstić information content (AvgIpc) is 2.63. The van der Waals surface area contributed by atoms with Crippen molar-refractivity contribution in [1.82, 2.24) is 0 Å². The van der Waals surface area contributed by atoms with E-state index in [9.17, 15) is 19.3 Å². The van der Waals surface area contributed by atoms with Crippen LogP contribution < -0.4 is 4.90 Å². The van der Waals surface area contributed by atoms with Gasteiger partial charge in [-0.25, -0.2) is 0 Å². The minimum absolute atomic E-state index is 0.185. The van der Waals surface area contributed by atoms with Crippen molar-refractivity contribution >= 4 is 17.7 Å². The number of nitrogens with zero attached hydrogens (tertiary/aromatic N) is 2. The van der Waals surface area contributed by atoms with Crippen LogP contribution in [-0.4, -0.2) is 24.3 Å². The Balaban J connectivity index is 2.45. The second-order valence-electron chi connectivity index (χ2n) is 3.52. The molecule has 1 aromatic rings. The van der Waals surface area contributed by atoms with Crippen molar-refractivity contribution in [1.29, 1.82) is 0 Å². The third-order valence-corrected chi connectivity index (χ3v) is 2.66. The number of benzene rings is 1. The molecule has 0 aromatic heterocycles. The molecule has 0 atom stereocenters. The number of nitro benzene ring substituents is 1. The van der Waals surface area contributed by atoms with Crippen LogP contribution in [-0.2, 0) is 11.2 Å². The third kappa shape index (κ3) is 1.52. The van der Waals surface area contributed by atoms with E-state index >= 15 is 0 Å². The van der Waals surface area contributed by atoms with Crippen molar-refractivity contribution in [3.8, 4) is 0 Å². The van der Waals surface area contributed by atoms with Crippen LogP contribution in [0.1, 0.15) is 5.56 Å². The van der Waals surface area contributed by atoms with Crippen LogP contribution in [0.2, 0.25) is 0 Å². The van der Waals surface area contributed by atoms with Crippen LogP contribution in [0, 0.1) is 15.9 Å². The van der Waals surface area contributed by atoms with Gasteiger partial charge in [0.2, 0.25) is 5.82 Å². The van der Waals surface area contributed by atoms with Gasteiger partial charge in [-0.05, 0) is 12.5 Å². The van der Waals surface area contributed by atoms with Crippen molar-refractivity contribution in [2.24, 2.45) is 0 Å². The fourth-order valence-corrected chi connectivity index (χ4v) is 1.92. The van der Waals surface area contributed by atoms with Crippen LogP contribution in [0.3, 0.4) is 0 Å². The molecule has 0 fully saturated rings. The maximum Gasteiger partial charge on any atom is 0.305 e. The molecule has 0 saturated heterocycles. The zero-order valence-corrected chi connectivity index (χ0v) is 8.35. The molecule has 0 amide bonds. The molecule has 1 aliphatic rings. The molecule has 0 N–H and O–H groups in total. The Morgan fingerprint density at radius 3 is 2.94 bits per heavy atom. The van der Waals surface area contributed by atoms with E-state index < -0.39 is 16.4 Å². The number of hydrogen-bond donors (Lipinski definition) is 0. The minimum Gasteiger partial charge on any atom is -0.364 e. The Morgan fingerprint density at radius 2 is 2.31 bits per heavy atom. The molecule has 0 saturated carbocycles. The van der Waals surface area contributed by atoms with Crippen LogP contribution >= 0.6 is 0 Å². The first kappa shape index (κ1) is 10.5. The van der Waals surface area contributed by atoms with E-state index in [1.807, 2.05) is 0 Å². The second-order valence-corrected chi connectivity index (χ2v) is 3.52. The summed E-state index contributed by atoms with van der Waals surface area (Å²) < 4.78 is 13.7. The molecule has 1 aliphatic heterocycles. The minimum atomic E-state index is -0.782. The van der Waals surface area contributed by atoms with Gasteiger partial charge < -0.3 is 9.69 Å². The van der Waals surface area contributed by atoms with Gasteiger partial charge in [-0.2, -0.15) is 4.39 Å². The second kappa shape index (κ2) is 3.88. The molecule has 1 aromatic carbocycles. The first-order valence-electron chi connectivity index (χ1n) is 4.79. The van der Waals surface area contributed by atoms with Gasteiger partial charge in [0.25, 0.3) is 0 Å². The lowest BCUT2D eigenvalue weighted by molar-refractivity contribution is -0.387. The summed E-state index contributed by atoms with van der Waals surface area (Å²) in [6.07, 6.45) is 1.13. The van der Waals surface area contributed by atoms with E-state index in [2.05, 4.69) is 0 Å². The Morgan fingerprint density at radius 1 is 1.56 bits per heavy atom. The van der Waals surface area contributed by atoms with Crippen LogP contribution in [0.4, 0.5) is 15.8 Å². The van der Waals surface area contributed by atoms with Gasteiger partial charge in [0.15, 0.2) is 0 Å². The fourth-order valence-electron chi connectivity index (χ4n) is 1.92. The van der Waals surface area contributed by atoms with Crippen molar-refractivity contribution in [2.45, 2.75) is 6.42 Å². The van der Waals surface area contributed by atoms with E-state index in [-0.39, 0.29) is 6.54 Å². The van der Waals surface area contributed by atoms with E-state index in [0.717, 1.165) is 12.4 Å². The molecular formula is C10H9FN2O3. The molecule has 0 spiro atoms. The molecule has 5 nitrogen and oxygen atoms in total. The number of carbonyl (C=O) groups is 1. The summed E-state index contributed by atoms with van der Waals surface area (Å²) in [4.78, 5) is 21.9. The lowest BCUT2D eigenvalue weighted by Gasteiger charge is -2.15. The fraction of sp³-hybridized carbons (Fsp3) is 0.300. The average molecular weight is 224 g/mol. The number of rotatable bonds is 3. The van der Waals surface area contributed by atoms with Crippen molar-refractivity contribution in [2.75, 3.05) is 18.0 Å². The molecule has 0 aliphatic carbocycles. The van der Waals surface area contributed by atoms with Gasteiger partial charge in [-0.15, -0.1) is 0 Å². The predicted molar refractivity (Wildman–Crippen MR) is 55.0 cm³/mol. The summed E-state index contributed by atoms with van der Waals surface area (Å²) in [6.45, 7) is 0.705. The highest BCUT2D eigenvalue weighted by molar-refractivity contribution is 5.68. The molecule has 0 unspecified atom stereocenters. The summed E-state index contributed by atoms with van der Waals surface area (Å²) in [7, 11) is 0. The largest absolute Gasteiger partial charge is 0.364 e. The smallest absolute Gasteiger partial charge is 0.305 e. The summed E-state index contributed by atoms with van der Waals surface area (Å²) >= 11 is 0. The molecule has 6 heteroatoms. The first-order valence-corrected chi connectivity index (χ1v) is 4.79. The van der Waals surface area contributed by atoms with Crippen molar-refractivity contribution in [3.05, 3.63) is 33.6 Å². The predicted octanol–water partition coefficient (Wildman–Crippen LogP) is 1.30. The van der Waals surface area contributed by atoms with E-state index in [0.29, 0.717) is 24.2 Å². The molecule has 84 valence electrons. The van der Waals surface area contributed by atoms with E-state index in [1.54, 1.807) is 4.90 Å². The van der Waals surface area contributed by atoms with Crippen LogP contribution in [0.5, 0.6) is 0 Å². The molecule has 0 radical (unpaired) electrons. The van der Waals surface area contributed by atoms with Crippen LogP contribution in [0.15, 0.2) is 12.1 Å². The monoisotopic (exact) mass is 224 g/mol. The Kier molecular flexibility index (Phi) is 2.55. The zero-order chi connectivity index (χ0) is 11.7. The molecule has 16 heavy (non-hydrogen) atoms. The molecular weight excluding hydrogens is 215 g/mol. The van der Waals surface area contributed by atoms with Gasteiger partial charge in [0.1, 0.15) is 6.29 Å². The highest BCUT2D eigenvalue weighted by atomic mass is 19.1. The number of hydrogen-bond acceptors (Lipinski definition) is 4. The summed E-state index contributed by atoms with van der Waals surface area (Å²) in [6, 6.07) is 2.63. The quantitative estimate of drug-likeness (QED) is 0.441. The Bertz CT molecular complexity index is 462. The zero-order valence-electron chi connectivity index (χ0n) is 8.35. The van der Waals surface area contributed by atoms with Gasteiger partial charge in [-0.3, -0.25) is 10.1 Å². The number of nitro groups is 1. The van der Waals surface area contributed by atoms with Gasteiger partial charge in [0, 0.05) is 23.9 Å². The highest BCUT2D eigenvalue weighted by Gasteiger charge is 2.27. The molecule has 2 rings (SSSR count). The number of anilines is 1. The SMILES string of the molecule is O=CCN1CCc2c1ccc([N+](=O)[O-])c2F. The number of halogens is 1. The summed E-state index contributed by atoms with van der Waals surface area (Å²) in [5.74, 6) is -0.782. The third-order valence-electron chi connectivity index (χ3n) is 2.66. The lowest BCUT2D eigenvalue weighted by Crippen LogP contribution is -2.22. The van der Waals surface area contributed by atoms with Gasteiger partial charge >= 0.3 is 5.69 Å². The topological polar surface area (TPSA) is 63.5 Å². The number of carbonyl (C=O) groups excluding carboxylic acids is 1. The standard InChI is InChI=1S/C10H9FN2O3/c11-10-7-3-4-12(5-6-14)8(7)1-2-9(10)13(15)16/h1-2,6H,3-5H2. The van der Waals surface area contributed by atoms with E-state index in [4.69, 9.17) is 0 Å². The summed E-state index contributed by atoms with van der Waals surface area (Å²) in [5.41, 5.74) is 0.401. The maximum absolute atomic E-state index is 13.7. The highest BCUT2D eigenvalue weighted by Crippen LogP contribution is 2.34. The van der Waals surface area contributed by atoms with Crippen molar-refractivity contribution < 1.29 is 14.1 Å². The van der Waals surface area contributed by atoms with Gasteiger partial charge in [0.05, 0.1) is 11.5 Å². The summed E-state index contributed by atoms with van der Waals surface area (Å²) in [5, 5.41) is 10.5. The van der Waals surface area contributed by atoms with Crippen LogP contribution in [0.25, 0.3) is 0 Å². The normalized spacial score (nSPS) is 13.7. The Labute approximate surface area is 90.6 Å². The maximum atomic E-state index is 13.7. The first-order chi connectivity index (χ1) is 7.65. The Hall–Kier alpha value is -1.98. The molecule has 0 bridgehead atoms. The number of fused-ring (bicyclic) bond motifs is 1.